The van der Waals surface area contributed by atoms with Gasteiger partial charge in [-0.1, -0.05) is 110 Å². The van der Waals surface area contributed by atoms with E-state index < -0.39 is 28.5 Å². The first kappa shape index (κ1) is 32.3. The monoisotopic (exact) mass is 643 g/mol. The van der Waals surface area contributed by atoms with Crippen LogP contribution in [0, 0.1) is 0 Å². The minimum atomic E-state index is -4.15. The molecule has 0 saturated heterocycles. The van der Waals surface area contributed by atoms with E-state index in [1.54, 1.807) is 42.5 Å². The van der Waals surface area contributed by atoms with Gasteiger partial charge in [-0.05, 0) is 60.4 Å². The maximum atomic E-state index is 14.5. The summed E-state index contributed by atoms with van der Waals surface area (Å²) < 4.78 is 29.2. The topological polar surface area (TPSA) is 86.8 Å². The highest BCUT2D eigenvalue weighted by Crippen LogP contribution is 2.27. The maximum absolute atomic E-state index is 14.5. The summed E-state index contributed by atoms with van der Waals surface area (Å²) in [5.41, 5.74) is 2.03. The number of sulfonamides is 1. The molecule has 0 heterocycles. The number of benzene rings is 4. The van der Waals surface area contributed by atoms with Crippen molar-refractivity contribution in [2.75, 3.05) is 10.8 Å². The lowest BCUT2D eigenvalue weighted by Gasteiger charge is -2.35. The number of amides is 2. The van der Waals surface area contributed by atoms with E-state index in [9.17, 15) is 18.0 Å². The lowest BCUT2D eigenvalue weighted by molar-refractivity contribution is -0.140. The standard InChI is InChI=1S/C36H38ClN3O4S/c37-30-21-23-32(24-22-30)40(45(43,44)33-19-11-4-12-20-33)27-35(41)39(26-29-15-7-2-8-16-29)34(25-28-13-5-1-6-14-28)36(42)38-31-17-9-3-10-18-31/h1-2,4-8,11-16,19-24,31,34H,3,9-10,17-18,25-27H2,(H,38,42)/t34-/m1/s1. The Kier molecular flexibility index (Phi) is 10.9. The van der Waals surface area contributed by atoms with Gasteiger partial charge in [0.2, 0.25) is 11.8 Å². The number of halogens is 1. The first-order valence-corrected chi connectivity index (χ1v) is 17.1. The Hall–Kier alpha value is -4.14. The van der Waals surface area contributed by atoms with Gasteiger partial charge in [-0.3, -0.25) is 13.9 Å². The van der Waals surface area contributed by atoms with Crippen molar-refractivity contribution in [1.82, 2.24) is 10.2 Å². The van der Waals surface area contributed by atoms with Gasteiger partial charge in [-0.25, -0.2) is 8.42 Å². The molecule has 0 aromatic heterocycles. The molecule has 9 heteroatoms. The van der Waals surface area contributed by atoms with Crippen molar-refractivity contribution in [2.24, 2.45) is 0 Å². The van der Waals surface area contributed by atoms with Crippen molar-refractivity contribution in [1.29, 1.82) is 0 Å². The molecule has 7 nitrogen and oxygen atoms in total. The number of nitrogens with zero attached hydrogens (tertiary/aromatic N) is 2. The number of nitrogens with one attached hydrogen (secondary N) is 1. The normalized spacial score (nSPS) is 14.3. The van der Waals surface area contributed by atoms with Crippen LogP contribution in [0.5, 0.6) is 0 Å². The van der Waals surface area contributed by atoms with Crippen LogP contribution in [0.15, 0.2) is 120 Å². The van der Waals surface area contributed by atoms with Crippen LogP contribution in [-0.2, 0) is 32.6 Å². The number of carbonyl (C=O) groups is 2. The van der Waals surface area contributed by atoms with Gasteiger partial charge in [0.1, 0.15) is 12.6 Å². The van der Waals surface area contributed by atoms with Crippen LogP contribution in [0.2, 0.25) is 5.02 Å². The molecular weight excluding hydrogens is 606 g/mol. The molecule has 1 aliphatic carbocycles. The van der Waals surface area contributed by atoms with Gasteiger partial charge in [0.15, 0.2) is 0 Å². The lowest BCUT2D eigenvalue weighted by Crippen LogP contribution is -2.55. The number of hydrogen-bond acceptors (Lipinski definition) is 4. The van der Waals surface area contributed by atoms with E-state index in [-0.39, 0.29) is 29.8 Å². The summed E-state index contributed by atoms with van der Waals surface area (Å²) in [5.74, 6) is -0.730. The van der Waals surface area contributed by atoms with E-state index in [4.69, 9.17) is 11.6 Å². The fourth-order valence-electron chi connectivity index (χ4n) is 5.73. The summed E-state index contributed by atoms with van der Waals surface area (Å²) in [7, 11) is -4.15. The van der Waals surface area contributed by atoms with Crippen molar-refractivity contribution < 1.29 is 18.0 Å². The molecule has 1 N–H and O–H groups in total. The third kappa shape index (κ3) is 8.53. The average molecular weight is 644 g/mol. The van der Waals surface area contributed by atoms with Crippen LogP contribution in [-0.4, -0.2) is 43.8 Å². The van der Waals surface area contributed by atoms with Crippen molar-refractivity contribution in [2.45, 2.75) is 62.0 Å². The summed E-state index contributed by atoms with van der Waals surface area (Å²) in [5, 5.41) is 3.67. The fraction of sp³-hybridized carbons (Fsp3) is 0.278. The van der Waals surface area contributed by atoms with E-state index in [1.165, 1.54) is 17.0 Å². The molecule has 0 aliphatic heterocycles. The van der Waals surface area contributed by atoms with Crippen molar-refractivity contribution in [3.8, 4) is 0 Å². The van der Waals surface area contributed by atoms with Gasteiger partial charge < -0.3 is 10.2 Å². The molecule has 45 heavy (non-hydrogen) atoms. The second-order valence-corrected chi connectivity index (χ2v) is 13.7. The Morgan fingerprint density at radius 3 is 1.91 bits per heavy atom. The van der Waals surface area contributed by atoms with Crippen LogP contribution >= 0.6 is 11.6 Å². The zero-order chi connectivity index (χ0) is 31.6. The van der Waals surface area contributed by atoms with Gasteiger partial charge >= 0.3 is 0 Å². The quantitative estimate of drug-likeness (QED) is 0.188. The zero-order valence-electron chi connectivity index (χ0n) is 25.1. The lowest BCUT2D eigenvalue weighted by atomic mass is 9.94. The molecule has 1 atom stereocenters. The second kappa shape index (κ2) is 15.2. The Balaban J connectivity index is 1.54. The molecule has 0 bridgehead atoms. The Morgan fingerprint density at radius 1 is 0.756 bits per heavy atom. The summed E-state index contributed by atoms with van der Waals surface area (Å²) in [6.45, 7) is -0.372. The Labute approximate surface area is 270 Å². The number of carbonyl (C=O) groups excluding carboxylic acids is 2. The maximum Gasteiger partial charge on any atom is 0.264 e. The SMILES string of the molecule is O=C(NC1CCCCC1)[C@@H](Cc1ccccc1)N(Cc1ccccc1)C(=O)CN(c1ccc(Cl)cc1)S(=O)(=O)c1ccccc1. The van der Waals surface area contributed by atoms with E-state index in [0.29, 0.717) is 10.7 Å². The number of hydrogen-bond donors (Lipinski definition) is 1. The predicted molar refractivity (Wildman–Crippen MR) is 178 cm³/mol. The van der Waals surface area contributed by atoms with E-state index >= 15 is 0 Å². The highest BCUT2D eigenvalue weighted by Gasteiger charge is 2.35. The molecule has 0 radical (unpaired) electrons. The molecule has 1 aliphatic rings. The van der Waals surface area contributed by atoms with Crippen LogP contribution in [0.25, 0.3) is 0 Å². The molecule has 1 fully saturated rings. The highest BCUT2D eigenvalue weighted by atomic mass is 35.5. The minimum Gasteiger partial charge on any atom is -0.352 e. The first-order valence-electron chi connectivity index (χ1n) is 15.3. The third-order valence-corrected chi connectivity index (χ3v) is 10.2. The molecule has 5 rings (SSSR count). The van der Waals surface area contributed by atoms with Crippen LogP contribution in [0.3, 0.4) is 0 Å². The molecule has 0 unspecified atom stereocenters. The number of anilines is 1. The Morgan fingerprint density at radius 2 is 1.31 bits per heavy atom. The average Bonchev–Trinajstić information content (AvgIpc) is 3.07. The van der Waals surface area contributed by atoms with Crippen molar-refractivity contribution in [3.05, 3.63) is 131 Å². The van der Waals surface area contributed by atoms with Gasteiger partial charge in [0.05, 0.1) is 10.6 Å². The molecule has 2 amide bonds. The molecule has 1 saturated carbocycles. The largest absolute Gasteiger partial charge is 0.352 e. The molecule has 234 valence electrons. The van der Waals surface area contributed by atoms with Crippen LogP contribution in [0.4, 0.5) is 5.69 Å². The Bertz CT molecular complexity index is 1650. The summed E-state index contributed by atoms with van der Waals surface area (Å²) in [6.07, 6.45) is 5.33. The molecule has 0 spiro atoms. The number of rotatable bonds is 12. The van der Waals surface area contributed by atoms with Crippen LogP contribution < -0.4 is 9.62 Å². The third-order valence-electron chi connectivity index (χ3n) is 8.14. The first-order chi connectivity index (χ1) is 21.8. The minimum absolute atomic E-state index is 0.0437. The smallest absolute Gasteiger partial charge is 0.264 e. The fourth-order valence-corrected chi connectivity index (χ4v) is 7.30. The highest BCUT2D eigenvalue weighted by molar-refractivity contribution is 7.92. The van der Waals surface area contributed by atoms with E-state index in [2.05, 4.69) is 5.32 Å². The summed E-state index contributed by atoms with van der Waals surface area (Å²) in [4.78, 5) is 30.2. The van der Waals surface area contributed by atoms with Crippen molar-refractivity contribution in [3.63, 3.8) is 0 Å². The van der Waals surface area contributed by atoms with E-state index in [1.807, 2.05) is 60.7 Å². The van der Waals surface area contributed by atoms with Crippen LogP contribution in [0.1, 0.15) is 43.2 Å². The summed E-state index contributed by atoms with van der Waals surface area (Å²) in [6, 6.07) is 32.6. The van der Waals surface area contributed by atoms with E-state index in [0.717, 1.165) is 47.5 Å². The van der Waals surface area contributed by atoms with Gasteiger partial charge in [-0.15, -0.1) is 0 Å². The van der Waals surface area contributed by atoms with Crippen molar-refractivity contribution >= 4 is 39.1 Å². The van der Waals surface area contributed by atoms with Gasteiger partial charge in [-0.2, -0.15) is 0 Å². The second-order valence-electron chi connectivity index (χ2n) is 11.4. The predicted octanol–water partition coefficient (Wildman–Crippen LogP) is 6.62. The van der Waals surface area contributed by atoms with Gasteiger partial charge in [0, 0.05) is 24.0 Å². The van der Waals surface area contributed by atoms with Gasteiger partial charge in [0.25, 0.3) is 10.0 Å². The molecule has 4 aromatic rings. The summed E-state index contributed by atoms with van der Waals surface area (Å²) >= 11 is 6.14. The zero-order valence-corrected chi connectivity index (χ0v) is 26.7. The molecule has 4 aromatic carbocycles. The molecular formula is C36H38ClN3O4S.